The number of benzene rings is 2. The van der Waals surface area contributed by atoms with E-state index in [4.69, 9.17) is 4.74 Å². The molecule has 0 aliphatic rings. The van der Waals surface area contributed by atoms with Crippen LogP contribution in [0, 0.1) is 0 Å². The number of hydrogen-bond acceptors (Lipinski definition) is 3. The molecule has 0 atom stereocenters. The van der Waals surface area contributed by atoms with E-state index >= 15 is 0 Å². The summed E-state index contributed by atoms with van der Waals surface area (Å²) in [4.78, 5) is 7.09. The largest absolute Gasteiger partial charge is 0.496 e. The van der Waals surface area contributed by atoms with Gasteiger partial charge in [-0.15, -0.1) is 0 Å². The maximum atomic E-state index is 5.41. The van der Waals surface area contributed by atoms with Gasteiger partial charge >= 0.3 is 0 Å². The van der Waals surface area contributed by atoms with Gasteiger partial charge in [0.15, 0.2) is 0 Å². The van der Waals surface area contributed by atoms with Gasteiger partial charge in [-0.1, -0.05) is 30.3 Å². The lowest BCUT2D eigenvalue weighted by Crippen LogP contribution is -2.13. The Morgan fingerprint density at radius 2 is 1.95 bits per heavy atom. The summed E-state index contributed by atoms with van der Waals surface area (Å²) in [6.45, 7) is 1.59. The van der Waals surface area contributed by atoms with Gasteiger partial charge in [0, 0.05) is 30.4 Å². The molecule has 0 fully saturated rings. The third kappa shape index (κ3) is 2.51. The van der Waals surface area contributed by atoms with Crippen molar-refractivity contribution < 1.29 is 4.74 Å². The second-order valence-electron chi connectivity index (χ2n) is 4.65. The van der Waals surface area contributed by atoms with Crippen LogP contribution in [-0.2, 0) is 13.1 Å². The van der Waals surface area contributed by atoms with Gasteiger partial charge in [0.05, 0.1) is 13.4 Å². The Kier molecular flexibility index (Phi) is 3.65. The molecule has 2 N–H and O–H groups in total. The van der Waals surface area contributed by atoms with E-state index in [0.29, 0.717) is 0 Å². The Bertz CT molecular complexity index is 692. The third-order valence-corrected chi connectivity index (χ3v) is 3.38. The molecule has 3 aromatic rings. The molecular formula is C16H17N3O. The smallest absolute Gasteiger partial charge is 0.126 e. The number of rotatable bonds is 5. The van der Waals surface area contributed by atoms with E-state index < -0.39 is 0 Å². The Morgan fingerprint density at radius 1 is 1.10 bits per heavy atom. The molecule has 0 radical (unpaired) electrons. The van der Waals surface area contributed by atoms with Crippen LogP contribution in [0.3, 0.4) is 0 Å². The summed E-state index contributed by atoms with van der Waals surface area (Å²) in [5.41, 5.74) is 2.35. The van der Waals surface area contributed by atoms with E-state index in [1.54, 1.807) is 13.4 Å². The summed E-state index contributed by atoms with van der Waals surface area (Å²) in [5.74, 6) is 0.915. The minimum Gasteiger partial charge on any atom is -0.496 e. The molecule has 1 aromatic heterocycles. The molecule has 0 aliphatic heterocycles. The average Bonchev–Trinajstić information content (AvgIpc) is 3.01. The predicted octanol–water partition coefficient (Wildman–Crippen LogP) is 2.86. The van der Waals surface area contributed by atoms with Crippen molar-refractivity contribution in [1.82, 2.24) is 15.3 Å². The molecular weight excluding hydrogens is 250 g/mol. The quantitative estimate of drug-likeness (QED) is 0.747. The van der Waals surface area contributed by atoms with Gasteiger partial charge in [0.25, 0.3) is 0 Å². The summed E-state index contributed by atoms with van der Waals surface area (Å²) in [7, 11) is 1.71. The van der Waals surface area contributed by atoms with Gasteiger partial charge in [-0.05, 0) is 17.0 Å². The van der Waals surface area contributed by atoms with Crippen molar-refractivity contribution in [3.05, 3.63) is 60.2 Å². The van der Waals surface area contributed by atoms with Gasteiger partial charge in [0.2, 0.25) is 0 Å². The molecule has 4 nitrogen and oxygen atoms in total. The summed E-state index contributed by atoms with van der Waals surface area (Å²) in [5, 5.41) is 5.80. The highest BCUT2D eigenvalue weighted by Gasteiger charge is 2.05. The fraction of sp³-hybridized carbons (Fsp3) is 0.188. The number of imidazole rings is 1. The first-order chi connectivity index (χ1) is 9.88. The van der Waals surface area contributed by atoms with Crippen molar-refractivity contribution in [2.75, 3.05) is 7.11 Å². The zero-order chi connectivity index (χ0) is 13.8. The van der Waals surface area contributed by atoms with E-state index in [1.165, 1.54) is 10.9 Å². The normalized spacial score (nSPS) is 10.8. The number of aromatic nitrogens is 2. The predicted molar refractivity (Wildman–Crippen MR) is 79.6 cm³/mol. The van der Waals surface area contributed by atoms with Gasteiger partial charge in [-0.25, -0.2) is 4.98 Å². The monoisotopic (exact) mass is 267 g/mol. The molecule has 0 amide bonds. The van der Waals surface area contributed by atoms with Crippen molar-refractivity contribution in [1.29, 1.82) is 0 Å². The minimum atomic E-state index is 0.778. The molecule has 4 heteroatoms. The van der Waals surface area contributed by atoms with E-state index in [1.807, 2.05) is 18.3 Å². The lowest BCUT2D eigenvalue weighted by atomic mass is 10.0. The number of aromatic amines is 1. The first-order valence-electron chi connectivity index (χ1n) is 6.61. The van der Waals surface area contributed by atoms with Gasteiger partial charge in [0.1, 0.15) is 5.75 Å². The standard InChI is InChI=1S/C16H17N3O/c1-20-16-7-6-12(14-4-2-3-5-15(14)16)8-17-9-13-10-18-11-19-13/h2-7,10-11,17H,8-9H2,1H3,(H,18,19). The van der Waals surface area contributed by atoms with Crippen LogP contribution in [0.4, 0.5) is 0 Å². The highest BCUT2D eigenvalue weighted by molar-refractivity contribution is 5.91. The molecule has 20 heavy (non-hydrogen) atoms. The molecule has 1 heterocycles. The maximum absolute atomic E-state index is 5.41. The molecule has 3 rings (SSSR count). The Hall–Kier alpha value is -2.33. The van der Waals surface area contributed by atoms with E-state index in [0.717, 1.165) is 29.9 Å². The summed E-state index contributed by atoms with van der Waals surface area (Å²) in [6, 6.07) is 12.4. The number of nitrogens with one attached hydrogen (secondary N) is 2. The highest BCUT2D eigenvalue weighted by Crippen LogP contribution is 2.28. The molecule has 0 saturated carbocycles. The summed E-state index contributed by atoms with van der Waals surface area (Å²) < 4.78 is 5.41. The topological polar surface area (TPSA) is 49.9 Å². The van der Waals surface area contributed by atoms with Crippen LogP contribution in [0.2, 0.25) is 0 Å². The van der Waals surface area contributed by atoms with Crippen LogP contribution in [0.5, 0.6) is 5.75 Å². The van der Waals surface area contributed by atoms with E-state index in [9.17, 15) is 0 Å². The second kappa shape index (κ2) is 5.75. The fourth-order valence-electron chi connectivity index (χ4n) is 2.38. The SMILES string of the molecule is COc1ccc(CNCc2cnc[nH]2)c2ccccc12. The van der Waals surface area contributed by atoms with Crippen LogP contribution in [0.15, 0.2) is 48.9 Å². The zero-order valence-corrected chi connectivity index (χ0v) is 11.4. The number of ether oxygens (including phenoxy) is 1. The number of hydrogen-bond donors (Lipinski definition) is 2. The fourth-order valence-corrected chi connectivity index (χ4v) is 2.38. The molecule has 0 unspecified atom stereocenters. The lowest BCUT2D eigenvalue weighted by Gasteiger charge is -2.11. The number of methoxy groups -OCH3 is 1. The molecule has 0 spiro atoms. The van der Waals surface area contributed by atoms with Crippen LogP contribution in [-0.4, -0.2) is 17.1 Å². The molecule has 102 valence electrons. The summed E-state index contributed by atoms with van der Waals surface area (Å²) in [6.07, 6.45) is 3.53. The highest BCUT2D eigenvalue weighted by atomic mass is 16.5. The van der Waals surface area contributed by atoms with Crippen molar-refractivity contribution >= 4 is 10.8 Å². The number of fused-ring (bicyclic) bond motifs is 1. The Balaban J connectivity index is 1.81. The van der Waals surface area contributed by atoms with Gasteiger partial charge < -0.3 is 15.0 Å². The molecule has 0 saturated heterocycles. The van der Waals surface area contributed by atoms with E-state index in [2.05, 4.69) is 39.6 Å². The lowest BCUT2D eigenvalue weighted by molar-refractivity contribution is 0.419. The van der Waals surface area contributed by atoms with Crippen molar-refractivity contribution in [2.45, 2.75) is 13.1 Å². The number of H-pyrrole nitrogens is 1. The second-order valence-corrected chi connectivity index (χ2v) is 4.65. The molecule has 2 aromatic carbocycles. The van der Waals surface area contributed by atoms with Crippen molar-refractivity contribution in [3.8, 4) is 5.75 Å². The molecule has 0 bridgehead atoms. The van der Waals surface area contributed by atoms with Crippen LogP contribution < -0.4 is 10.1 Å². The summed E-state index contributed by atoms with van der Waals surface area (Å²) >= 11 is 0. The molecule has 0 aliphatic carbocycles. The number of nitrogens with zero attached hydrogens (tertiary/aromatic N) is 1. The zero-order valence-electron chi connectivity index (χ0n) is 11.4. The maximum Gasteiger partial charge on any atom is 0.126 e. The first-order valence-corrected chi connectivity index (χ1v) is 6.61. The first kappa shape index (κ1) is 12.7. The third-order valence-electron chi connectivity index (χ3n) is 3.38. The van der Waals surface area contributed by atoms with Gasteiger partial charge in [-0.3, -0.25) is 0 Å². The Labute approximate surface area is 117 Å². The van der Waals surface area contributed by atoms with Crippen molar-refractivity contribution in [3.63, 3.8) is 0 Å². The van der Waals surface area contributed by atoms with E-state index in [-0.39, 0.29) is 0 Å². The van der Waals surface area contributed by atoms with Crippen molar-refractivity contribution in [2.24, 2.45) is 0 Å². The van der Waals surface area contributed by atoms with Crippen LogP contribution >= 0.6 is 0 Å². The minimum absolute atomic E-state index is 0.778. The Morgan fingerprint density at radius 3 is 2.70 bits per heavy atom. The van der Waals surface area contributed by atoms with Gasteiger partial charge in [-0.2, -0.15) is 0 Å². The van der Waals surface area contributed by atoms with Crippen LogP contribution in [0.25, 0.3) is 10.8 Å². The van der Waals surface area contributed by atoms with Crippen LogP contribution in [0.1, 0.15) is 11.3 Å². The average molecular weight is 267 g/mol.